The first kappa shape index (κ1) is 19.2. The summed E-state index contributed by atoms with van der Waals surface area (Å²) >= 11 is 0. The summed E-state index contributed by atoms with van der Waals surface area (Å²) in [6, 6.07) is 16.0. The molecule has 2 aromatic rings. The lowest BCUT2D eigenvalue weighted by molar-refractivity contribution is -0.117. The van der Waals surface area contributed by atoms with Crippen LogP contribution in [0.1, 0.15) is 22.3 Å². The van der Waals surface area contributed by atoms with Crippen molar-refractivity contribution in [2.24, 2.45) is 0 Å². The molecule has 0 saturated heterocycles. The fraction of sp³-hybridized carbons (Fsp3) is 0.200. The maximum absolute atomic E-state index is 12.6. The Bertz CT molecular complexity index is 772. The molecule has 0 aliphatic carbocycles. The van der Waals surface area contributed by atoms with Gasteiger partial charge in [-0.1, -0.05) is 42.5 Å². The van der Waals surface area contributed by atoms with Crippen LogP contribution in [-0.2, 0) is 4.79 Å². The highest BCUT2D eigenvalue weighted by Crippen LogP contribution is 2.17. The van der Waals surface area contributed by atoms with Crippen LogP contribution >= 0.6 is 0 Å². The van der Waals surface area contributed by atoms with E-state index >= 15 is 0 Å². The lowest BCUT2D eigenvalue weighted by Crippen LogP contribution is -2.35. The molecule has 0 aromatic heterocycles. The molecule has 0 fully saturated rings. The molecule has 2 amide bonds. The van der Waals surface area contributed by atoms with E-state index in [9.17, 15) is 9.59 Å². The molecule has 0 unspecified atom stereocenters. The van der Waals surface area contributed by atoms with E-state index in [0.29, 0.717) is 24.3 Å². The number of ether oxygens (including phenoxy) is 1. The van der Waals surface area contributed by atoms with Gasteiger partial charge in [0.15, 0.2) is 0 Å². The summed E-state index contributed by atoms with van der Waals surface area (Å²) in [4.78, 5) is 25.0. The third-order valence-corrected chi connectivity index (χ3v) is 3.58. The first-order valence-corrected chi connectivity index (χ1v) is 8.26. The fourth-order valence-corrected chi connectivity index (χ4v) is 2.27. The molecule has 136 valence electrons. The number of aliphatic hydroxyl groups is 1. The molecule has 0 atom stereocenters. The highest BCUT2D eigenvalue weighted by molar-refractivity contribution is 6.06. The lowest BCUT2D eigenvalue weighted by atomic mass is 10.1. The van der Waals surface area contributed by atoms with Gasteiger partial charge < -0.3 is 20.5 Å². The van der Waals surface area contributed by atoms with Gasteiger partial charge in [0.05, 0.1) is 12.7 Å². The topological polar surface area (TPSA) is 87.7 Å². The Kier molecular flexibility index (Phi) is 7.39. The second kappa shape index (κ2) is 10.0. The van der Waals surface area contributed by atoms with Gasteiger partial charge in [-0.05, 0) is 30.2 Å². The van der Waals surface area contributed by atoms with Crippen LogP contribution in [0.25, 0.3) is 6.08 Å². The molecular weight excluding hydrogens is 332 g/mol. The van der Waals surface area contributed by atoms with Gasteiger partial charge >= 0.3 is 0 Å². The predicted octanol–water partition coefficient (Wildman–Crippen LogP) is 1.96. The maximum Gasteiger partial charge on any atom is 0.267 e. The van der Waals surface area contributed by atoms with Crippen molar-refractivity contribution in [1.29, 1.82) is 0 Å². The zero-order valence-corrected chi connectivity index (χ0v) is 14.6. The van der Waals surface area contributed by atoms with Gasteiger partial charge in [0.2, 0.25) is 0 Å². The third kappa shape index (κ3) is 5.46. The highest BCUT2D eigenvalue weighted by atomic mass is 16.5. The van der Waals surface area contributed by atoms with Crippen molar-refractivity contribution >= 4 is 17.9 Å². The predicted molar refractivity (Wildman–Crippen MR) is 99.6 cm³/mol. The van der Waals surface area contributed by atoms with Crippen LogP contribution in [0.2, 0.25) is 0 Å². The van der Waals surface area contributed by atoms with Gasteiger partial charge in [-0.3, -0.25) is 9.59 Å². The van der Waals surface area contributed by atoms with Crippen molar-refractivity contribution in [1.82, 2.24) is 10.6 Å². The van der Waals surface area contributed by atoms with Gasteiger partial charge in [0.25, 0.3) is 11.8 Å². The number of carbonyl (C=O) groups is 2. The highest BCUT2D eigenvalue weighted by Gasteiger charge is 2.17. The van der Waals surface area contributed by atoms with Gasteiger partial charge in [-0.25, -0.2) is 0 Å². The molecule has 0 saturated carbocycles. The largest absolute Gasteiger partial charge is 0.496 e. The first-order chi connectivity index (χ1) is 12.7. The molecule has 0 heterocycles. The number of amides is 2. The first-order valence-electron chi connectivity index (χ1n) is 8.26. The van der Waals surface area contributed by atoms with Crippen LogP contribution in [-0.4, -0.2) is 37.2 Å². The molecule has 3 N–H and O–H groups in total. The Labute approximate surface area is 152 Å². The number of hydrogen-bond acceptors (Lipinski definition) is 4. The third-order valence-electron chi connectivity index (χ3n) is 3.58. The normalized spacial score (nSPS) is 10.9. The summed E-state index contributed by atoms with van der Waals surface area (Å²) in [6.07, 6.45) is 2.03. The monoisotopic (exact) mass is 354 g/mol. The minimum atomic E-state index is -0.443. The molecule has 0 aliphatic rings. The van der Waals surface area contributed by atoms with Crippen molar-refractivity contribution in [3.05, 3.63) is 71.4 Å². The second-order valence-electron chi connectivity index (χ2n) is 5.46. The molecule has 0 bridgehead atoms. The Balaban J connectivity index is 2.24. The summed E-state index contributed by atoms with van der Waals surface area (Å²) in [5.41, 5.74) is 1.22. The Hall–Kier alpha value is -3.12. The van der Waals surface area contributed by atoms with Crippen molar-refractivity contribution in [3.8, 4) is 5.75 Å². The van der Waals surface area contributed by atoms with E-state index in [4.69, 9.17) is 9.84 Å². The second-order valence-corrected chi connectivity index (χ2v) is 5.46. The Morgan fingerprint density at radius 1 is 1.08 bits per heavy atom. The summed E-state index contributed by atoms with van der Waals surface area (Å²) in [6.45, 7) is 0.289. The fourth-order valence-electron chi connectivity index (χ4n) is 2.27. The number of carbonyl (C=O) groups excluding carboxylic acids is 2. The van der Waals surface area contributed by atoms with Crippen molar-refractivity contribution in [2.45, 2.75) is 6.42 Å². The molecule has 6 nitrogen and oxygen atoms in total. The molecular formula is C20H22N2O4. The average Bonchev–Trinajstić information content (AvgIpc) is 2.68. The number of hydrogen-bond donors (Lipinski definition) is 3. The number of aliphatic hydroxyl groups excluding tert-OH is 1. The number of rotatable bonds is 8. The molecule has 2 rings (SSSR count). The SMILES string of the molecule is COc1ccccc1C(=O)NC(=Cc1ccccc1)C(=O)NCCCO. The number of benzene rings is 2. The van der Waals surface area contributed by atoms with Gasteiger partial charge in [-0.2, -0.15) is 0 Å². The summed E-state index contributed by atoms with van der Waals surface area (Å²) < 4.78 is 5.20. The summed E-state index contributed by atoms with van der Waals surface area (Å²) in [5, 5.41) is 14.2. The summed E-state index contributed by atoms with van der Waals surface area (Å²) in [7, 11) is 1.48. The van der Waals surface area contributed by atoms with Gasteiger partial charge in [0.1, 0.15) is 11.4 Å². The van der Waals surface area contributed by atoms with Crippen molar-refractivity contribution in [3.63, 3.8) is 0 Å². The van der Waals surface area contributed by atoms with E-state index in [0.717, 1.165) is 5.56 Å². The zero-order chi connectivity index (χ0) is 18.8. The minimum absolute atomic E-state index is 0.0222. The van der Waals surface area contributed by atoms with E-state index in [1.807, 2.05) is 30.3 Å². The van der Waals surface area contributed by atoms with Crippen LogP contribution in [0, 0.1) is 0 Å². The lowest BCUT2D eigenvalue weighted by Gasteiger charge is -2.12. The summed E-state index contributed by atoms with van der Waals surface area (Å²) in [5.74, 6) is -0.447. The van der Waals surface area contributed by atoms with Crippen LogP contribution < -0.4 is 15.4 Å². The van der Waals surface area contributed by atoms with Gasteiger partial charge in [0, 0.05) is 13.2 Å². The van der Waals surface area contributed by atoms with E-state index < -0.39 is 11.8 Å². The van der Waals surface area contributed by atoms with E-state index in [1.165, 1.54) is 7.11 Å². The van der Waals surface area contributed by atoms with E-state index in [2.05, 4.69) is 10.6 Å². The van der Waals surface area contributed by atoms with E-state index in [1.54, 1.807) is 30.3 Å². The van der Waals surface area contributed by atoms with Crippen LogP contribution in [0.4, 0.5) is 0 Å². The standard InChI is InChI=1S/C20H22N2O4/c1-26-18-11-6-5-10-16(18)19(24)22-17(20(25)21-12-7-13-23)14-15-8-3-2-4-9-15/h2-6,8-11,14,23H,7,12-13H2,1H3,(H,21,25)(H,22,24). The molecule has 26 heavy (non-hydrogen) atoms. The number of para-hydroxylation sites is 1. The smallest absolute Gasteiger partial charge is 0.267 e. The molecule has 0 radical (unpaired) electrons. The Morgan fingerprint density at radius 3 is 2.46 bits per heavy atom. The zero-order valence-electron chi connectivity index (χ0n) is 14.6. The van der Waals surface area contributed by atoms with Crippen molar-refractivity contribution in [2.75, 3.05) is 20.3 Å². The average molecular weight is 354 g/mol. The molecule has 0 aliphatic heterocycles. The minimum Gasteiger partial charge on any atom is -0.496 e. The number of methoxy groups -OCH3 is 1. The molecule has 6 heteroatoms. The quantitative estimate of drug-likeness (QED) is 0.500. The number of nitrogens with one attached hydrogen (secondary N) is 2. The van der Waals surface area contributed by atoms with Gasteiger partial charge in [-0.15, -0.1) is 0 Å². The van der Waals surface area contributed by atoms with Crippen molar-refractivity contribution < 1.29 is 19.4 Å². The van der Waals surface area contributed by atoms with Crippen LogP contribution in [0.15, 0.2) is 60.3 Å². The van der Waals surface area contributed by atoms with Crippen LogP contribution in [0.5, 0.6) is 5.75 Å². The molecule has 2 aromatic carbocycles. The Morgan fingerprint density at radius 2 is 1.77 bits per heavy atom. The van der Waals surface area contributed by atoms with Crippen LogP contribution in [0.3, 0.4) is 0 Å². The molecule has 0 spiro atoms. The van der Waals surface area contributed by atoms with E-state index in [-0.39, 0.29) is 12.3 Å². The maximum atomic E-state index is 12.6.